The minimum absolute atomic E-state index is 0.385. The summed E-state index contributed by atoms with van der Waals surface area (Å²) in [7, 11) is -1.67. The lowest BCUT2D eigenvalue weighted by Crippen LogP contribution is -2.52. The number of piperazine rings is 1. The Labute approximate surface area is 167 Å². The predicted molar refractivity (Wildman–Crippen MR) is 111 cm³/mol. The van der Waals surface area contributed by atoms with E-state index < -0.39 is 10.0 Å². The second kappa shape index (κ2) is 9.18. The molecule has 0 saturated carbocycles. The van der Waals surface area contributed by atoms with E-state index >= 15 is 0 Å². The van der Waals surface area contributed by atoms with Crippen LogP contribution in [0.1, 0.15) is 12.8 Å². The smallest absolute Gasteiger partial charge is 0.243 e. The summed E-state index contributed by atoms with van der Waals surface area (Å²) in [6.45, 7) is 5.98. The predicted octanol–water partition coefficient (Wildman–Crippen LogP) is 1.11. The van der Waals surface area contributed by atoms with E-state index in [1.54, 1.807) is 23.5 Å². The van der Waals surface area contributed by atoms with Crippen LogP contribution < -0.4 is 10.2 Å². The Bertz CT molecular complexity index is 725. The van der Waals surface area contributed by atoms with Crippen molar-refractivity contribution in [2.24, 2.45) is 0 Å². The number of hydrogen-bond acceptors (Lipinski definition) is 5. The molecule has 2 aliphatic heterocycles. The highest BCUT2D eigenvalue weighted by Gasteiger charge is 2.27. The van der Waals surface area contributed by atoms with E-state index in [4.69, 9.17) is 17.0 Å². The van der Waals surface area contributed by atoms with E-state index in [2.05, 4.69) is 15.1 Å². The van der Waals surface area contributed by atoms with Gasteiger partial charge < -0.3 is 19.9 Å². The summed E-state index contributed by atoms with van der Waals surface area (Å²) in [5, 5.41) is 3.96. The number of sulfonamides is 1. The lowest BCUT2D eigenvalue weighted by molar-refractivity contribution is 0.202. The van der Waals surface area contributed by atoms with Gasteiger partial charge in [-0.25, -0.2) is 8.42 Å². The van der Waals surface area contributed by atoms with E-state index in [1.807, 2.05) is 12.1 Å². The number of benzene rings is 1. The summed E-state index contributed by atoms with van der Waals surface area (Å²) in [5.74, 6) is 0. The Morgan fingerprint density at radius 1 is 1.07 bits per heavy atom. The molecule has 0 atom stereocenters. The fourth-order valence-corrected chi connectivity index (χ4v) is 5.25. The molecular weight excluding hydrogens is 384 g/mol. The molecule has 0 aliphatic carbocycles. The van der Waals surface area contributed by atoms with Gasteiger partial charge in [0.2, 0.25) is 10.0 Å². The molecule has 1 aromatic carbocycles. The van der Waals surface area contributed by atoms with Gasteiger partial charge in [0.15, 0.2) is 5.11 Å². The summed E-state index contributed by atoms with van der Waals surface area (Å²) in [6.07, 6.45) is 1.90. The quantitative estimate of drug-likeness (QED) is 0.555. The molecule has 0 amide bonds. The number of methoxy groups -OCH3 is 1. The third kappa shape index (κ3) is 4.90. The van der Waals surface area contributed by atoms with Crippen LogP contribution in [0.5, 0.6) is 0 Å². The molecule has 7 nitrogen and oxygen atoms in total. The van der Waals surface area contributed by atoms with E-state index in [9.17, 15) is 8.42 Å². The second-order valence-corrected chi connectivity index (χ2v) is 9.13. The first kappa shape index (κ1) is 20.3. The standard InChI is InChI=1S/C18H28N4O3S2/c1-25-15-8-19-18(26)21-13-11-20(12-14-21)16-4-6-17(7-5-16)27(23,24)22-9-2-3-10-22/h4-7H,2-3,8-15H2,1H3,(H,19,26). The Morgan fingerprint density at radius 2 is 1.70 bits per heavy atom. The zero-order chi connectivity index (χ0) is 19.3. The van der Waals surface area contributed by atoms with Crippen molar-refractivity contribution >= 4 is 33.0 Å². The van der Waals surface area contributed by atoms with Gasteiger partial charge in [0.25, 0.3) is 0 Å². The first-order chi connectivity index (χ1) is 13.0. The molecule has 0 aromatic heterocycles. The summed E-state index contributed by atoms with van der Waals surface area (Å²) in [5.41, 5.74) is 1.05. The maximum absolute atomic E-state index is 12.6. The van der Waals surface area contributed by atoms with E-state index in [0.29, 0.717) is 31.1 Å². The molecule has 0 radical (unpaired) electrons. The van der Waals surface area contributed by atoms with Crippen molar-refractivity contribution in [1.82, 2.24) is 14.5 Å². The number of ether oxygens (including phenoxy) is 1. The average Bonchev–Trinajstić information content (AvgIpc) is 3.24. The van der Waals surface area contributed by atoms with E-state index in [-0.39, 0.29) is 0 Å². The molecule has 0 bridgehead atoms. The lowest BCUT2D eigenvalue weighted by atomic mass is 10.2. The topological polar surface area (TPSA) is 65.1 Å². The van der Waals surface area contributed by atoms with Crippen LogP contribution in [0.3, 0.4) is 0 Å². The van der Waals surface area contributed by atoms with Gasteiger partial charge in [0.1, 0.15) is 0 Å². The number of nitrogens with one attached hydrogen (secondary N) is 1. The maximum Gasteiger partial charge on any atom is 0.243 e. The molecule has 1 N–H and O–H groups in total. The van der Waals surface area contributed by atoms with Crippen molar-refractivity contribution in [2.45, 2.75) is 17.7 Å². The van der Waals surface area contributed by atoms with Gasteiger partial charge in [0.05, 0.1) is 11.5 Å². The number of thiocarbonyl (C=S) groups is 1. The van der Waals surface area contributed by atoms with Crippen LogP contribution in [0.2, 0.25) is 0 Å². The molecule has 9 heteroatoms. The largest absolute Gasteiger partial charge is 0.383 e. The summed E-state index contributed by atoms with van der Waals surface area (Å²) in [4.78, 5) is 4.81. The van der Waals surface area contributed by atoms with Crippen molar-refractivity contribution in [3.63, 3.8) is 0 Å². The van der Waals surface area contributed by atoms with Crippen LogP contribution in [0.4, 0.5) is 5.69 Å². The van der Waals surface area contributed by atoms with Crippen LogP contribution >= 0.6 is 12.2 Å². The molecule has 2 saturated heterocycles. The summed E-state index contributed by atoms with van der Waals surface area (Å²) >= 11 is 5.42. The van der Waals surface area contributed by atoms with Crippen molar-refractivity contribution in [3.8, 4) is 0 Å². The first-order valence-electron chi connectivity index (χ1n) is 9.39. The van der Waals surface area contributed by atoms with Crippen molar-refractivity contribution in [2.75, 3.05) is 64.4 Å². The molecule has 150 valence electrons. The number of nitrogens with zero attached hydrogens (tertiary/aromatic N) is 3. The molecule has 1 aromatic rings. The van der Waals surface area contributed by atoms with Crippen LogP contribution in [-0.2, 0) is 14.8 Å². The molecule has 2 aliphatic rings. The minimum atomic E-state index is -3.35. The molecule has 2 heterocycles. The Morgan fingerprint density at radius 3 is 2.30 bits per heavy atom. The van der Waals surface area contributed by atoms with Gasteiger partial charge in [-0.2, -0.15) is 4.31 Å². The van der Waals surface area contributed by atoms with E-state index in [1.165, 1.54) is 0 Å². The number of anilines is 1. The Kier molecular flexibility index (Phi) is 6.91. The Hall–Kier alpha value is -1.42. The third-order valence-corrected chi connectivity index (χ3v) is 7.37. The van der Waals surface area contributed by atoms with Crippen LogP contribution in [0.25, 0.3) is 0 Å². The van der Waals surface area contributed by atoms with Crippen molar-refractivity contribution in [1.29, 1.82) is 0 Å². The number of hydrogen-bond donors (Lipinski definition) is 1. The highest BCUT2D eigenvalue weighted by Crippen LogP contribution is 2.24. The zero-order valence-corrected chi connectivity index (χ0v) is 17.4. The maximum atomic E-state index is 12.6. The van der Waals surface area contributed by atoms with Crippen LogP contribution in [0, 0.1) is 0 Å². The first-order valence-corrected chi connectivity index (χ1v) is 11.2. The third-order valence-electron chi connectivity index (χ3n) is 5.05. The molecular formula is C18H28N4O3S2. The fourth-order valence-electron chi connectivity index (χ4n) is 3.45. The summed E-state index contributed by atoms with van der Waals surface area (Å²) < 4.78 is 31.9. The molecule has 3 rings (SSSR count). The van der Waals surface area contributed by atoms with Crippen molar-refractivity contribution < 1.29 is 13.2 Å². The fraction of sp³-hybridized carbons (Fsp3) is 0.611. The van der Waals surface area contributed by atoms with Crippen molar-refractivity contribution in [3.05, 3.63) is 24.3 Å². The van der Waals surface area contributed by atoms with Gasteiger partial charge >= 0.3 is 0 Å². The van der Waals surface area contributed by atoms with Gasteiger partial charge in [-0.15, -0.1) is 0 Å². The van der Waals surface area contributed by atoms with Gasteiger partial charge in [-0.3, -0.25) is 0 Å². The molecule has 0 unspecified atom stereocenters. The second-order valence-electron chi connectivity index (χ2n) is 6.80. The minimum Gasteiger partial charge on any atom is -0.383 e. The Balaban J connectivity index is 1.55. The van der Waals surface area contributed by atoms with Gasteiger partial charge in [-0.05, 0) is 49.3 Å². The zero-order valence-electron chi connectivity index (χ0n) is 15.8. The van der Waals surface area contributed by atoms with Gasteiger partial charge in [0, 0.05) is 58.6 Å². The molecule has 0 spiro atoms. The SMILES string of the molecule is COCCNC(=S)N1CCN(c2ccc(S(=O)(=O)N3CCCC3)cc2)CC1. The molecule has 27 heavy (non-hydrogen) atoms. The molecule has 2 fully saturated rings. The van der Waals surface area contributed by atoms with Crippen LogP contribution in [0.15, 0.2) is 29.2 Å². The highest BCUT2D eigenvalue weighted by molar-refractivity contribution is 7.89. The summed E-state index contributed by atoms with van der Waals surface area (Å²) in [6, 6.07) is 7.28. The van der Waals surface area contributed by atoms with Crippen LogP contribution in [-0.4, -0.2) is 82.3 Å². The van der Waals surface area contributed by atoms with Gasteiger partial charge in [-0.1, -0.05) is 0 Å². The van der Waals surface area contributed by atoms with E-state index in [0.717, 1.165) is 49.8 Å². The highest BCUT2D eigenvalue weighted by atomic mass is 32.2. The lowest BCUT2D eigenvalue weighted by Gasteiger charge is -2.37. The monoisotopic (exact) mass is 412 g/mol. The number of rotatable bonds is 6. The normalized spacial score (nSPS) is 18.7. The average molecular weight is 413 g/mol.